The number of allylic oxidation sites excluding steroid dienone is 3. The highest BCUT2D eigenvalue weighted by atomic mass is 32.2. The maximum atomic E-state index is 12.9. The van der Waals surface area contributed by atoms with E-state index in [4.69, 9.17) is 9.47 Å². The van der Waals surface area contributed by atoms with Crippen molar-refractivity contribution in [1.82, 2.24) is 4.31 Å². The zero-order chi connectivity index (χ0) is 21.4. The normalized spacial score (nSPS) is 16.8. The Balaban J connectivity index is 2.10. The molecule has 0 aromatic heterocycles. The predicted molar refractivity (Wildman–Crippen MR) is 109 cm³/mol. The summed E-state index contributed by atoms with van der Waals surface area (Å²) in [5.41, 5.74) is 0.878. The number of benzene rings is 1. The SMILES string of the molecule is C/C=C/C=C/C(=O)O[C@@H](C)C(=O)Nc1ccc(C)c(S(=O)(=O)N2CCOCC2)c1. The Labute approximate surface area is 171 Å². The number of hydrogen-bond donors (Lipinski definition) is 1. The number of amides is 1. The molecule has 1 fully saturated rings. The molecule has 1 aromatic carbocycles. The molecule has 0 unspecified atom stereocenters. The first-order chi connectivity index (χ1) is 13.8. The molecule has 0 saturated carbocycles. The van der Waals surface area contributed by atoms with E-state index in [2.05, 4.69) is 5.32 Å². The smallest absolute Gasteiger partial charge is 0.331 e. The summed E-state index contributed by atoms with van der Waals surface area (Å²) in [6, 6.07) is 4.64. The number of carbonyl (C=O) groups is 2. The molecule has 0 bridgehead atoms. The van der Waals surface area contributed by atoms with E-state index >= 15 is 0 Å². The first kappa shape index (κ1) is 22.8. The van der Waals surface area contributed by atoms with Crippen molar-refractivity contribution in [2.24, 2.45) is 0 Å². The monoisotopic (exact) mass is 422 g/mol. The second-order valence-corrected chi connectivity index (χ2v) is 8.36. The van der Waals surface area contributed by atoms with Crippen LogP contribution in [0.25, 0.3) is 0 Å². The van der Waals surface area contributed by atoms with Crippen molar-refractivity contribution in [1.29, 1.82) is 0 Å². The van der Waals surface area contributed by atoms with Crippen molar-refractivity contribution < 1.29 is 27.5 Å². The van der Waals surface area contributed by atoms with Crippen LogP contribution in [0.5, 0.6) is 0 Å². The number of esters is 1. The van der Waals surface area contributed by atoms with Gasteiger partial charge in [0.1, 0.15) is 0 Å². The first-order valence-corrected chi connectivity index (χ1v) is 10.7. The van der Waals surface area contributed by atoms with E-state index < -0.39 is 28.0 Å². The standard InChI is InChI=1S/C20H26N2O6S/c1-4-5-6-7-19(23)28-16(3)20(24)21-17-9-8-15(2)18(14-17)29(25,26)22-10-12-27-13-11-22/h4-9,14,16H,10-13H2,1-3H3,(H,21,24)/b5-4+,7-6+/t16-/m0/s1. The van der Waals surface area contributed by atoms with E-state index in [1.807, 2.05) is 0 Å². The van der Waals surface area contributed by atoms with Crippen molar-refractivity contribution in [3.63, 3.8) is 0 Å². The summed E-state index contributed by atoms with van der Waals surface area (Å²) in [5, 5.41) is 2.60. The van der Waals surface area contributed by atoms with E-state index in [-0.39, 0.29) is 18.0 Å². The second kappa shape index (κ2) is 10.3. The Bertz CT molecular complexity index is 902. The highest BCUT2D eigenvalue weighted by Gasteiger charge is 2.28. The molecule has 1 saturated heterocycles. The van der Waals surface area contributed by atoms with Gasteiger partial charge in [-0.1, -0.05) is 24.3 Å². The lowest BCUT2D eigenvalue weighted by molar-refractivity contribution is -0.148. The minimum Gasteiger partial charge on any atom is -0.449 e. The first-order valence-electron chi connectivity index (χ1n) is 9.25. The molecule has 0 radical (unpaired) electrons. The molecular formula is C20H26N2O6S. The fraction of sp³-hybridized carbons (Fsp3) is 0.400. The molecule has 1 aliphatic heterocycles. The topological polar surface area (TPSA) is 102 Å². The van der Waals surface area contributed by atoms with Crippen molar-refractivity contribution in [2.45, 2.75) is 31.8 Å². The van der Waals surface area contributed by atoms with E-state index in [0.29, 0.717) is 24.5 Å². The third-order valence-electron chi connectivity index (χ3n) is 4.24. The van der Waals surface area contributed by atoms with Gasteiger partial charge in [-0.2, -0.15) is 4.31 Å². The molecular weight excluding hydrogens is 396 g/mol. The van der Waals surface area contributed by atoms with Crippen molar-refractivity contribution in [2.75, 3.05) is 31.6 Å². The molecule has 0 aliphatic carbocycles. The fourth-order valence-electron chi connectivity index (χ4n) is 2.64. The van der Waals surface area contributed by atoms with Crippen LogP contribution in [0.3, 0.4) is 0 Å². The number of rotatable bonds is 7. The quantitative estimate of drug-likeness (QED) is 0.410. The maximum Gasteiger partial charge on any atom is 0.331 e. The highest BCUT2D eigenvalue weighted by molar-refractivity contribution is 7.89. The summed E-state index contributed by atoms with van der Waals surface area (Å²) < 4.78 is 37.5. The molecule has 158 valence electrons. The van der Waals surface area contributed by atoms with E-state index in [1.165, 1.54) is 29.4 Å². The number of nitrogens with zero attached hydrogens (tertiary/aromatic N) is 1. The summed E-state index contributed by atoms with van der Waals surface area (Å²) in [5.74, 6) is -1.21. The molecule has 8 nitrogen and oxygen atoms in total. The third-order valence-corrected chi connectivity index (χ3v) is 6.28. The van der Waals surface area contributed by atoms with Crippen LogP contribution in [0.1, 0.15) is 19.4 Å². The van der Waals surface area contributed by atoms with Gasteiger partial charge in [0.15, 0.2) is 6.10 Å². The molecule has 1 aromatic rings. The Morgan fingerprint density at radius 1 is 1.24 bits per heavy atom. The van der Waals surface area contributed by atoms with Crippen LogP contribution in [0.15, 0.2) is 47.4 Å². The van der Waals surface area contributed by atoms with E-state index in [9.17, 15) is 18.0 Å². The number of aryl methyl sites for hydroxylation is 1. The molecule has 2 rings (SSSR count). The summed E-state index contributed by atoms with van der Waals surface area (Å²) in [6.45, 7) is 6.20. The summed E-state index contributed by atoms with van der Waals surface area (Å²) in [6.07, 6.45) is 5.09. The van der Waals surface area contributed by atoms with Crippen LogP contribution in [0, 0.1) is 6.92 Å². The molecule has 1 atom stereocenters. The predicted octanol–water partition coefficient (Wildman–Crippen LogP) is 2.02. The minimum absolute atomic E-state index is 0.121. The lowest BCUT2D eigenvalue weighted by atomic mass is 10.2. The Morgan fingerprint density at radius 3 is 2.59 bits per heavy atom. The highest BCUT2D eigenvalue weighted by Crippen LogP contribution is 2.24. The van der Waals surface area contributed by atoms with Gasteiger partial charge in [0.2, 0.25) is 10.0 Å². The van der Waals surface area contributed by atoms with Crippen molar-refractivity contribution in [3.05, 3.63) is 48.1 Å². The van der Waals surface area contributed by atoms with Gasteiger partial charge < -0.3 is 14.8 Å². The minimum atomic E-state index is -3.70. The van der Waals surface area contributed by atoms with Crippen LogP contribution in [-0.2, 0) is 29.1 Å². The summed E-state index contributed by atoms with van der Waals surface area (Å²) in [7, 11) is -3.70. The summed E-state index contributed by atoms with van der Waals surface area (Å²) >= 11 is 0. The summed E-state index contributed by atoms with van der Waals surface area (Å²) in [4.78, 5) is 24.1. The van der Waals surface area contributed by atoms with Gasteiger partial charge in [0.05, 0.1) is 18.1 Å². The van der Waals surface area contributed by atoms with E-state index in [0.717, 1.165) is 0 Å². The largest absolute Gasteiger partial charge is 0.449 e. The number of ether oxygens (including phenoxy) is 2. The molecule has 1 heterocycles. The van der Waals surface area contributed by atoms with Gasteiger partial charge in [-0.3, -0.25) is 4.79 Å². The van der Waals surface area contributed by atoms with Crippen LogP contribution in [-0.4, -0.2) is 57.0 Å². The third kappa shape index (κ3) is 6.25. The van der Waals surface area contributed by atoms with Gasteiger partial charge in [0.25, 0.3) is 5.91 Å². The molecule has 1 amide bonds. The second-order valence-electron chi connectivity index (χ2n) is 6.45. The number of morpholine rings is 1. The average molecular weight is 423 g/mol. The van der Waals surface area contributed by atoms with Gasteiger partial charge >= 0.3 is 5.97 Å². The Morgan fingerprint density at radius 2 is 1.93 bits per heavy atom. The van der Waals surface area contributed by atoms with Crippen molar-refractivity contribution in [3.8, 4) is 0 Å². The van der Waals surface area contributed by atoms with Crippen LogP contribution in [0.4, 0.5) is 5.69 Å². The lowest BCUT2D eigenvalue weighted by Crippen LogP contribution is -2.40. The van der Waals surface area contributed by atoms with Gasteiger partial charge in [0, 0.05) is 24.9 Å². The Hall–Kier alpha value is -2.49. The number of carbonyl (C=O) groups excluding carboxylic acids is 2. The lowest BCUT2D eigenvalue weighted by Gasteiger charge is -2.27. The van der Waals surface area contributed by atoms with Crippen LogP contribution < -0.4 is 5.32 Å². The van der Waals surface area contributed by atoms with Gasteiger partial charge in [-0.05, 0) is 38.5 Å². The van der Waals surface area contributed by atoms with Gasteiger partial charge in [-0.25, -0.2) is 13.2 Å². The number of hydrogen-bond acceptors (Lipinski definition) is 6. The molecule has 9 heteroatoms. The average Bonchev–Trinajstić information content (AvgIpc) is 2.70. The van der Waals surface area contributed by atoms with Gasteiger partial charge in [-0.15, -0.1) is 0 Å². The fourth-order valence-corrected chi connectivity index (χ4v) is 4.30. The molecule has 0 spiro atoms. The molecule has 1 aliphatic rings. The maximum absolute atomic E-state index is 12.9. The van der Waals surface area contributed by atoms with Crippen LogP contribution >= 0.6 is 0 Å². The van der Waals surface area contributed by atoms with E-state index in [1.54, 1.807) is 38.1 Å². The molecule has 29 heavy (non-hydrogen) atoms. The Kier molecular flexibility index (Phi) is 8.12. The number of nitrogens with one attached hydrogen (secondary N) is 1. The van der Waals surface area contributed by atoms with Crippen LogP contribution in [0.2, 0.25) is 0 Å². The van der Waals surface area contributed by atoms with Crippen molar-refractivity contribution >= 4 is 27.6 Å². The zero-order valence-electron chi connectivity index (χ0n) is 16.8. The number of anilines is 1. The zero-order valence-corrected chi connectivity index (χ0v) is 17.6. The molecule has 1 N–H and O–H groups in total. The number of sulfonamides is 1.